The van der Waals surface area contributed by atoms with Crippen LogP contribution in [0.5, 0.6) is 0 Å². The normalized spacial score (nSPS) is 15.3. The Hall–Kier alpha value is -3.50. The summed E-state index contributed by atoms with van der Waals surface area (Å²) in [6.07, 6.45) is 6.64. The number of rotatable bonds is 4. The molecule has 1 aliphatic heterocycles. The van der Waals surface area contributed by atoms with Crippen LogP contribution in [0.25, 0.3) is 33.9 Å². The molecular formula is C22H17N5O3S2. The Morgan fingerprint density at radius 2 is 1.97 bits per heavy atom. The SMILES string of the molecule is CC(C)n1ncn(-c2ccc(-c3cncc4cc(/C=C5/SC(=S)NC5=O)oc34)cc2)c1=O. The first kappa shape index (κ1) is 20.4. The van der Waals surface area contributed by atoms with Crippen molar-refractivity contribution in [2.24, 2.45) is 0 Å². The van der Waals surface area contributed by atoms with Gasteiger partial charge in [-0.25, -0.2) is 14.0 Å². The molecule has 8 nitrogen and oxygen atoms in total. The van der Waals surface area contributed by atoms with Gasteiger partial charge in [-0.15, -0.1) is 0 Å². The number of carbonyl (C=O) groups is 1. The molecule has 1 amide bonds. The van der Waals surface area contributed by atoms with Crippen LogP contribution in [0.1, 0.15) is 25.6 Å². The molecule has 160 valence electrons. The van der Waals surface area contributed by atoms with Gasteiger partial charge in [0.15, 0.2) is 0 Å². The molecule has 3 aromatic heterocycles. The Morgan fingerprint density at radius 1 is 1.19 bits per heavy atom. The minimum Gasteiger partial charge on any atom is -0.456 e. The van der Waals surface area contributed by atoms with Gasteiger partial charge < -0.3 is 9.73 Å². The fourth-order valence-electron chi connectivity index (χ4n) is 3.46. The summed E-state index contributed by atoms with van der Waals surface area (Å²) < 4.78 is 9.42. The third-order valence-corrected chi connectivity index (χ3v) is 6.16. The van der Waals surface area contributed by atoms with Crippen LogP contribution in [-0.2, 0) is 4.79 Å². The Morgan fingerprint density at radius 3 is 2.62 bits per heavy atom. The molecule has 1 saturated heterocycles. The summed E-state index contributed by atoms with van der Waals surface area (Å²) >= 11 is 6.23. The van der Waals surface area contributed by atoms with Crippen LogP contribution in [0, 0.1) is 0 Å². The van der Waals surface area contributed by atoms with Crippen molar-refractivity contribution in [2.75, 3.05) is 0 Å². The van der Waals surface area contributed by atoms with Gasteiger partial charge in [0.1, 0.15) is 22.0 Å². The number of benzene rings is 1. The number of nitrogens with zero attached hydrogens (tertiary/aromatic N) is 4. The summed E-state index contributed by atoms with van der Waals surface area (Å²) in [5, 5.41) is 7.58. The molecule has 32 heavy (non-hydrogen) atoms. The Kier molecular flexibility index (Phi) is 5.03. The van der Waals surface area contributed by atoms with Crippen molar-refractivity contribution in [3.8, 4) is 16.8 Å². The van der Waals surface area contributed by atoms with Crippen molar-refractivity contribution in [3.05, 3.63) is 70.2 Å². The lowest BCUT2D eigenvalue weighted by atomic mass is 10.1. The van der Waals surface area contributed by atoms with Crippen LogP contribution in [0.3, 0.4) is 0 Å². The number of amides is 1. The van der Waals surface area contributed by atoms with E-state index in [4.69, 9.17) is 16.6 Å². The van der Waals surface area contributed by atoms with Gasteiger partial charge in [0.05, 0.1) is 16.6 Å². The predicted octanol–water partition coefficient (Wildman–Crippen LogP) is 3.91. The molecule has 0 aliphatic carbocycles. The molecule has 10 heteroatoms. The fourth-order valence-corrected chi connectivity index (χ4v) is 4.48. The third kappa shape index (κ3) is 3.57. The second-order valence-corrected chi connectivity index (χ2v) is 9.19. The topological polar surface area (TPSA) is 95.0 Å². The van der Waals surface area contributed by atoms with Crippen molar-refractivity contribution in [3.63, 3.8) is 0 Å². The van der Waals surface area contributed by atoms with E-state index >= 15 is 0 Å². The van der Waals surface area contributed by atoms with Gasteiger partial charge >= 0.3 is 5.69 Å². The van der Waals surface area contributed by atoms with E-state index in [1.165, 1.54) is 27.3 Å². The molecule has 0 unspecified atom stereocenters. The van der Waals surface area contributed by atoms with E-state index < -0.39 is 0 Å². The number of hydrogen-bond donors (Lipinski definition) is 1. The number of aromatic nitrogens is 4. The molecule has 5 rings (SSSR count). The van der Waals surface area contributed by atoms with Crippen molar-refractivity contribution in [1.82, 2.24) is 24.6 Å². The molecule has 4 aromatic rings. The lowest BCUT2D eigenvalue weighted by Crippen LogP contribution is -2.25. The number of carbonyl (C=O) groups excluding carboxylic acids is 1. The van der Waals surface area contributed by atoms with Crippen molar-refractivity contribution >= 4 is 51.3 Å². The summed E-state index contributed by atoms with van der Waals surface area (Å²) in [6.45, 7) is 3.82. The number of nitrogens with one attached hydrogen (secondary N) is 1. The highest BCUT2D eigenvalue weighted by Crippen LogP contribution is 2.33. The average Bonchev–Trinajstić information content (AvgIpc) is 3.44. The zero-order valence-electron chi connectivity index (χ0n) is 17.1. The van der Waals surface area contributed by atoms with Crippen LogP contribution in [0.2, 0.25) is 0 Å². The van der Waals surface area contributed by atoms with E-state index in [1.54, 1.807) is 18.5 Å². The summed E-state index contributed by atoms with van der Waals surface area (Å²) in [7, 11) is 0. The van der Waals surface area contributed by atoms with E-state index in [1.807, 2.05) is 44.2 Å². The van der Waals surface area contributed by atoms with Gasteiger partial charge in [0.25, 0.3) is 5.91 Å². The van der Waals surface area contributed by atoms with Gasteiger partial charge in [0.2, 0.25) is 0 Å². The maximum Gasteiger partial charge on any atom is 0.350 e. The number of thiocarbonyl (C=S) groups is 1. The van der Waals surface area contributed by atoms with E-state index in [0.29, 0.717) is 20.6 Å². The number of thioether (sulfide) groups is 1. The second kappa shape index (κ2) is 7.88. The maximum absolute atomic E-state index is 12.5. The highest BCUT2D eigenvalue weighted by molar-refractivity contribution is 8.26. The minimum absolute atomic E-state index is 0.0147. The zero-order chi connectivity index (χ0) is 22.4. The first-order chi connectivity index (χ1) is 15.4. The number of hydrogen-bond acceptors (Lipinski definition) is 7. The quantitative estimate of drug-likeness (QED) is 0.362. The van der Waals surface area contributed by atoms with Crippen LogP contribution in [-0.4, -0.2) is 29.6 Å². The van der Waals surface area contributed by atoms with Crippen molar-refractivity contribution in [1.29, 1.82) is 0 Å². The molecule has 1 aliphatic rings. The summed E-state index contributed by atoms with van der Waals surface area (Å²) in [6, 6.07) is 9.35. The van der Waals surface area contributed by atoms with Crippen LogP contribution in [0.4, 0.5) is 0 Å². The van der Waals surface area contributed by atoms with Crippen molar-refractivity contribution < 1.29 is 9.21 Å². The second-order valence-electron chi connectivity index (χ2n) is 7.48. The van der Waals surface area contributed by atoms with Gasteiger partial charge in [-0.05, 0) is 37.6 Å². The van der Waals surface area contributed by atoms with E-state index in [9.17, 15) is 9.59 Å². The Bertz CT molecular complexity index is 1460. The predicted molar refractivity (Wildman–Crippen MR) is 128 cm³/mol. The van der Waals surface area contributed by atoms with E-state index in [-0.39, 0.29) is 17.6 Å². The molecule has 4 heterocycles. The lowest BCUT2D eigenvalue weighted by Gasteiger charge is -2.05. The zero-order valence-corrected chi connectivity index (χ0v) is 18.7. The van der Waals surface area contributed by atoms with Crippen LogP contribution >= 0.6 is 24.0 Å². The summed E-state index contributed by atoms with van der Waals surface area (Å²) in [5.41, 5.74) is 2.89. The fraction of sp³-hybridized carbons (Fsp3) is 0.136. The third-order valence-electron chi connectivity index (χ3n) is 5.00. The highest BCUT2D eigenvalue weighted by atomic mass is 32.2. The molecule has 0 saturated carbocycles. The average molecular weight is 464 g/mol. The van der Waals surface area contributed by atoms with E-state index in [2.05, 4.69) is 15.4 Å². The molecule has 1 N–H and O–H groups in total. The highest BCUT2D eigenvalue weighted by Gasteiger charge is 2.23. The van der Waals surface area contributed by atoms with Gasteiger partial charge in [0, 0.05) is 29.4 Å². The monoisotopic (exact) mass is 463 g/mol. The largest absolute Gasteiger partial charge is 0.456 e. The molecule has 1 fully saturated rings. The summed E-state index contributed by atoms with van der Waals surface area (Å²) in [4.78, 5) is 29.3. The lowest BCUT2D eigenvalue weighted by molar-refractivity contribution is -0.115. The molecule has 0 bridgehead atoms. The van der Waals surface area contributed by atoms with Crippen LogP contribution in [0.15, 0.2) is 63.2 Å². The molecule has 1 aromatic carbocycles. The molecule has 0 radical (unpaired) electrons. The first-order valence-electron chi connectivity index (χ1n) is 9.80. The maximum atomic E-state index is 12.5. The van der Waals surface area contributed by atoms with Gasteiger partial charge in [-0.2, -0.15) is 5.10 Å². The minimum atomic E-state index is -0.231. The van der Waals surface area contributed by atoms with Crippen molar-refractivity contribution in [2.45, 2.75) is 19.9 Å². The Balaban J connectivity index is 1.51. The standard InChI is InChI=1S/C22H17N5O3S2/c1-12(2)27-22(29)26(11-24-27)15-5-3-13(4-6-15)17-10-23-9-14-7-16(30-19(14)17)8-18-20(28)25-21(31)32-18/h3-12H,1-2H3,(H,25,28,31)/b18-8+. The van der Waals surface area contributed by atoms with Crippen LogP contribution < -0.4 is 11.0 Å². The summed E-state index contributed by atoms with van der Waals surface area (Å²) in [5.74, 6) is 0.311. The molecular weight excluding hydrogens is 446 g/mol. The first-order valence-corrected chi connectivity index (χ1v) is 11.0. The van der Waals surface area contributed by atoms with Gasteiger partial charge in [-0.3, -0.25) is 9.78 Å². The van der Waals surface area contributed by atoms with E-state index in [0.717, 1.165) is 22.2 Å². The Labute approximate surface area is 191 Å². The number of fused-ring (bicyclic) bond motifs is 1. The number of pyridine rings is 1. The molecule has 0 spiro atoms. The number of furan rings is 1. The molecule has 0 atom stereocenters. The smallest absolute Gasteiger partial charge is 0.350 e. The van der Waals surface area contributed by atoms with Gasteiger partial charge in [-0.1, -0.05) is 36.1 Å².